The third kappa shape index (κ3) is 4.02. The van der Waals surface area contributed by atoms with E-state index in [4.69, 9.17) is 5.84 Å². The zero-order valence-corrected chi connectivity index (χ0v) is 11.7. The van der Waals surface area contributed by atoms with E-state index in [0.29, 0.717) is 17.7 Å². The van der Waals surface area contributed by atoms with E-state index in [-0.39, 0.29) is 11.7 Å². The Hall–Kier alpha value is -1.46. The number of halogens is 1. The van der Waals surface area contributed by atoms with Crippen LogP contribution in [0.5, 0.6) is 0 Å². The Labute approximate surface area is 119 Å². The van der Waals surface area contributed by atoms with E-state index < -0.39 is 0 Å². The molecule has 1 aromatic rings. The zero-order chi connectivity index (χ0) is 14.4. The van der Waals surface area contributed by atoms with Crippen LogP contribution in [0.2, 0.25) is 0 Å². The second-order valence-electron chi connectivity index (χ2n) is 5.32. The summed E-state index contributed by atoms with van der Waals surface area (Å²) >= 11 is 0. The van der Waals surface area contributed by atoms with Gasteiger partial charge in [0.25, 0.3) is 5.91 Å². The van der Waals surface area contributed by atoms with Crippen molar-refractivity contribution in [3.63, 3.8) is 0 Å². The van der Waals surface area contributed by atoms with Gasteiger partial charge in [-0.3, -0.25) is 15.1 Å². The summed E-state index contributed by atoms with van der Waals surface area (Å²) in [6.07, 6.45) is 6.10. The number of carbonyl (C=O) groups is 1. The Morgan fingerprint density at radius 3 is 2.50 bits per heavy atom. The summed E-state index contributed by atoms with van der Waals surface area (Å²) in [7, 11) is 0. The predicted octanol–water partition coefficient (Wildman–Crippen LogP) is 2.20. The molecule has 1 aliphatic heterocycles. The molecule has 0 radical (unpaired) electrons. The number of hydrogen-bond acceptors (Lipinski definition) is 3. The fraction of sp³-hybridized carbons (Fsp3) is 0.533. The Balaban J connectivity index is 2.08. The van der Waals surface area contributed by atoms with Crippen molar-refractivity contribution < 1.29 is 9.18 Å². The van der Waals surface area contributed by atoms with Crippen LogP contribution >= 0.6 is 0 Å². The lowest BCUT2D eigenvalue weighted by Crippen LogP contribution is -2.30. The van der Waals surface area contributed by atoms with Gasteiger partial charge >= 0.3 is 0 Å². The molecular weight excluding hydrogens is 257 g/mol. The first kappa shape index (κ1) is 14.9. The summed E-state index contributed by atoms with van der Waals surface area (Å²) in [4.78, 5) is 13.8. The fourth-order valence-electron chi connectivity index (χ4n) is 2.63. The molecule has 2 rings (SSSR count). The molecule has 1 fully saturated rings. The van der Waals surface area contributed by atoms with Crippen molar-refractivity contribution in [3.8, 4) is 0 Å². The normalized spacial score (nSPS) is 17.3. The highest BCUT2D eigenvalue weighted by Crippen LogP contribution is 2.17. The Morgan fingerprint density at radius 1 is 1.20 bits per heavy atom. The first-order chi connectivity index (χ1) is 9.70. The molecule has 1 heterocycles. The number of nitrogens with one attached hydrogen (secondary N) is 1. The standard InChI is InChI=1S/C15H22FN3O/c16-14-7-6-12(15(20)18-17)10-13(14)11-19-8-4-2-1-3-5-9-19/h6-7,10H,1-5,8-9,11,17H2,(H,18,20). The number of nitrogens with zero attached hydrogens (tertiary/aromatic N) is 1. The van der Waals surface area contributed by atoms with Gasteiger partial charge in [-0.05, 0) is 44.1 Å². The molecule has 0 aliphatic carbocycles. The number of amides is 1. The number of carbonyl (C=O) groups excluding carboxylic acids is 1. The highest BCUT2D eigenvalue weighted by Gasteiger charge is 2.13. The molecule has 1 aliphatic rings. The van der Waals surface area contributed by atoms with E-state index in [1.165, 1.54) is 31.4 Å². The Kier molecular flexibility index (Phi) is 5.49. The molecule has 0 unspecified atom stereocenters. The maximum atomic E-state index is 13.9. The SMILES string of the molecule is NNC(=O)c1ccc(F)c(CN2CCCCCCC2)c1. The van der Waals surface area contributed by atoms with Gasteiger partial charge in [0, 0.05) is 17.7 Å². The molecular formula is C15H22FN3O. The zero-order valence-electron chi connectivity index (χ0n) is 11.7. The van der Waals surface area contributed by atoms with Gasteiger partial charge in [-0.2, -0.15) is 0 Å². The molecule has 0 aromatic heterocycles. The van der Waals surface area contributed by atoms with Gasteiger partial charge in [-0.15, -0.1) is 0 Å². The quantitative estimate of drug-likeness (QED) is 0.506. The number of rotatable bonds is 3. The lowest BCUT2D eigenvalue weighted by atomic mass is 10.1. The monoisotopic (exact) mass is 279 g/mol. The summed E-state index contributed by atoms with van der Waals surface area (Å²) in [6.45, 7) is 2.54. The minimum atomic E-state index is -0.390. The van der Waals surface area contributed by atoms with Gasteiger partial charge in [0.05, 0.1) is 0 Å². The summed E-state index contributed by atoms with van der Waals surface area (Å²) in [5, 5.41) is 0. The van der Waals surface area contributed by atoms with Crippen molar-refractivity contribution in [1.29, 1.82) is 0 Å². The van der Waals surface area contributed by atoms with E-state index in [2.05, 4.69) is 10.3 Å². The van der Waals surface area contributed by atoms with Crippen LogP contribution < -0.4 is 11.3 Å². The largest absolute Gasteiger partial charge is 0.299 e. The van der Waals surface area contributed by atoms with Crippen LogP contribution in [0.25, 0.3) is 0 Å². The van der Waals surface area contributed by atoms with Crippen molar-refractivity contribution in [2.45, 2.75) is 38.6 Å². The minimum absolute atomic E-state index is 0.263. The number of nitrogen functional groups attached to an aromatic ring is 1. The van der Waals surface area contributed by atoms with Crippen molar-refractivity contribution in [1.82, 2.24) is 10.3 Å². The molecule has 1 amide bonds. The first-order valence-electron chi connectivity index (χ1n) is 7.22. The highest BCUT2D eigenvalue weighted by molar-refractivity contribution is 5.93. The molecule has 3 N–H and O–H groups in total. The average molecular weight is 279 g/mol. The molecule has 0 spiro atoms. The van der Waals surface area contributed by atoms with Gasteiger partial charge in [-0.25, -0.2) is 10.2 Å². The van der Waals surface area contributed by atoms with Crippen LogP contribution in [0.1, 0.15) is 48.0 Å². The number of nitrogens with two attached hydrogens (primary N) is 1. The van der Waals surface area contributed by atoms with Gasteiger partial charge in [0.15, 0.2) is 0 Å². The van der Waals surface area contributed by atoms with Gasteiger partial charge < -0.3 is 0 Å². The molecule has 0 bridgehead atoms. The van der Waals surface area contributed by atoms with Gasteiger partial charge in [0.2, 0.25) is 0 Å². The van der Waals surface area contributed by atoms with Crippen LogP contribution in [0.4, 0.5) is 4.39 Å². The summed E-state index contributed by atoms with van der Waals surface area (Å²) in [5.74, 6) is 4.46. The molecule has 1 aromatic carbocycles. The summed E-state index contributed by atoms with van der Waals surface area (Å²) < 4.78 is 13.9. The van der Waals surface area contributed by atoms with Gasteiger partial charge in [-0.1, -0.05) is 19.3 Å². The molecule has 5 heteroatoms. The third-order valence-corrected chi connectivity index (χ3v) is 3.78. The minimum Gasteiger partial charge on any atom is -0.299 e. The number of hydrogen-bond donors (Lipinski definition) is 2. The van der Waals surface area contributed by atoms with Crippen LogP contribution in [0.3, 0.4) is 0 Å². The van der Waals surface area contributed by atoms with Crippen molar-refractivity contribution in [2.24, 2.45) is 5.84 Å². The maximum absolute atomic E-state index is 13.9. The van der Waals surface area contributed by atoms with Crippen LogP contribution in [0, 0.1) is 5.82 Å². The van der Waals surface area contributed by atoms with E-state index in [1.807, 2.05) is 0 Å². The topological polar surface area (TPSA) is 58.4 Å². The Bertz CT molecular complexity index is 456. The van der Waals surface area contributed by atoms with E-state index in [9.17, 15) is 9.18 Å². The van der Waals surface area contributed by atoms with Crippen LogP contribution in [0.15, 0.2) is 18.2 Å². The average Bonchev–Trinajstić information content (AvgIpc) is 2.43. The maximum Gasteiger partial charge on any atom is 0.265 e. The number of likely N-dealkylation sites (tertiary alicyclic amines) is 1. The number of hydrazine groups is 1. The van der Waals surface area contributed by atoms with E-state index in [0.717, 1.165) is 25.9 Å². The number of benzene rings is 1. The molecule has 1 saturated heterocycles. The molecule has 110 valence electrons. The molecule has 0 saturated carbocycles. The smallest absolute Gasteiger partial charge is 0.265 e. The lowest BCUT2D eigenvalue weighted by Gasteiger charge is -2.24. The molecule has 20 heavy (non-hydrogen) atoms. The second kappa shape index (κ2) is 7.36. The third-order valence-electron chi connectivity index (χ3n) is 3.78. The van der Waals surface area contributed by atoms with Crippen molar-refractivity contribution in [3.05, 3.63) is 35.1 Å². The lowest BCUT2D eigenvalue weighted by molar-refractivity contribution is 0.0953. The molecule has 0 atom stereocenters. The Morgan fingerprint density at radius 2 is 1.85 bits per heavy atom. The molecule has 4 nitrogen and oxygen atoms in total. The fourth-order valence-corrected chi connectivity index (χ4v) is 2.63. The van der Waals surface area contributed by atoms with Crippen LogP contribution in [-0.2, 0) is 6.54 Å². The summed E-state index contributed by atoms with van der Waals surface area (Å²) in [5.41, 5.74) is 3.04. The second-order valence-corrected chi connectivity index (χ2v) is 5.32. The van der Waals surface area contributed by atoms with Crippen molar-refractivity contribution >= 4 is 5.91 Å². The first-order valence-corrected chi connectivity index (χ1v) is 7.22. The van der Waals surface area contributed by atoms with E-state index in [1.54, 1.807) is 6.07 Å². The summed E-state index contributed by atoms with van der Waals surface area (Å²) in [6, 6.07) is 4.38. The van der Waals surface area contributed by atoms with Gasteiger partial charge in [0.1, 0.15) is 5.82 Å². The van der Waals surface area contributed by atoms with Crippen molar-refractivity contribution in [2.75, 3.05) is 13.1 Å². The van der Waals surface area contributed by atoms with E-state index >= 15 is 0 Å². The van der Waals surface area contributed by atoms with Crippen LogP contribution in [-0.4, -0.2) is 23.9 Å². The predicted molar refractivity (Wildman–Crippen MR) is 76.4 cm³/mol. The highest BCUT2D eigenvalue weighted by atomic mass is 19.1.